The van der Waals surface area contributed by atoms with Gasteiger partial charge in [0.25, 0.3) is 11.3 Å². The van der Waals surface area contributed by atoms with Gasteiger partial charge in [0.05, 0.1) is 6.54 Å². The molecule has 4 N–H and O–H groups in total. The second-order valence-electron chi connectivity index (χ2n) is 2.98. The quantitative estimate of drug-likeness (QED) is 0.530. The van der Waals surface area contributed by atoms with E-state index in [0.717, 1.165) is 0 Å². The molecule has 1 aromatic carbocycles. The largest absolute Gasteiger partial charge is 0.324 e. The van der Waals surface area contributed by atoms with Crippen LogP contribution in [-0.2, 0) is 17.9 Å². The molecule has 0 aromatic heterocycles. The van der Waals surface area contributed by atoms with Crippen LogP contribution in [0.2, 0.25) is 0 Å². The van der Waals surface area contributed by atoms with Gasteiger partial charge in [-0.15, -0.1) is 0 Å². The molecule has 0 aliphatic heterocycles. The van der Waals surface area contributed by atoms with E-state index in [1.807, 2.05) is 0 Å². The maximum Gasteiger partial charge on any atom is 0.259 e. The first-order chi connectivity index (χ1) is 7.58. The molecule has 7 heteroatoms. The minimum absolute atomic E-state index is 0.125. The Morgan fingerprint density at radius 1 is 1.56 bits per heavy atom. The number of carbonyl (C=O) groups is 1. The van der Waals surface area contributed by atoms with Gasteiger partial charge in [0.1, 0.15) is 6.67 Å². The predicted octanol–water partition coefficient (Wildman–Crippen LogP) is 0.846. The van der Waals surface area contributed by atoms with Gasteiger partial charge in [-0.3, -0.25) is 14.1 Å². The molecule has 1 aromatic rings. The molecule has 0 heterocycles. The molecule has 0 amide bonds. The van der Waals surface area contributed by atoms with Crippen LogP contribution in [0.4, 0.5) is 10.1 Å². The fraction of sp³-hybridized carbons (Fsp3) is 0.222. The van der Waals surface area contributed by atoms with Crippen LogP contribution in [0.15, 0.2) is 18.2 Å². The highest BCUT2D eigenvalue weighted by molar-refractivity contribution is 7.80. The number of hydrogen-bond acceptors (Lipinski definition) is 3. The van der Waals surface area contributed by atoms with E-state index in [4.69, 9.17) is 10.3 Å². The van der Waals surface area contributed by atoms with Crippen molar-refractivity contribution in [1.29, 1.82) is 0 Å². The molecule has 0 spiro atoms. The summed E-state index contributed by atoms with van der Waals surface area (Å²) in [6.07, 6.45) is 0. The minimum Gasteiger partial charge on any atom is -0.324 e. The van der Waals surface area contributed by atoms with Crippen molar-refractivity contribution in [3.63, 3.8) is 0 Å². The zero-order valence-electron chi connectivity index (χ0n) is 8.27. The van der Waals surface area contributed by atoms with Crippen LogP contribution < -0.4 is 10.5 Å². The third-order valence-electron chi connectivity index (χ3n) is 1.94. The standard InChI is InChI=1S/C9H11FN2O3S/c10-4-6-1-2-7(12-16(14)15)3-8(6)9(13)5-11/h1-3,12H,4-5,11H2,(H,14,15). The Kier molecular flexibility index (Phi) is 4.53. The lowest BCUT2D eigenvalue weighted by atomic mass is 10.0. The Hall–Kier alpha value is -1.31. The van der Waals surface area contributed by atoms with Crippen molar-refractivity contribution in [2.45, 2.75) is 6.67 Å². The zero-order chi connectivity index (χ0) is 12.1. The van der Waals surface area contributed by atoms with Gasteiger partial charge < -0.3 is 5.73 Å². The van der Waals surface area contributed by atoms with E-state index in [9.17, 15) is 13.4 Å². The van der Waals surface area contributed by atoms with Gasteiger partial charge in [0.2, 0.25) is 0 Å². The fourth-order valence-electron chi connectivity index (χ4n) is 1.23. The number of carbonyl (C=O) groups excluding carboxylic acids is 1. The van der Waals surface area contributed by atoms with E-state index in [1.165, 1.54) is 18.2 Å². The summed E-state index contributed by atoms with van der Waals surface area (Å²) in [4.78, 5) is 11.4. The number of anilines is 1. The molecule has 0 saturated heterocycles. The second kappa shape index (κ2) is 5.69. The molecule has 16 heavy (non-hydrogen) atoms. The van der Waals surface area contributed by atoms with Gasteiger partial charge in [-0.1, -0.05) is 6.07 Å². The Morgan fingerprint density at radius 3 is 2.75 bits per heavy atom. The molecule has 0 radical (unpaired) electrons. The highest BCUT2D eigenvalue weighted by Crippen LogP contribution is 2.17. The van der Waals surface area contributed by atoms with Crippen LogP contribution >= 0.6 is 0 Å². The Morgan fingerprint density at radius 2 is 2.25 bits per heavy atom. The second-order valence-corrected chi connectivity index (χ2v) is 3.69. The summed E-state index contributed by atoms with van der Waals surface area (Å²) in [7, 11) is 0. The first kappa shape index (κ1) is 12.8. The van der Waals surface area contributed by atoms with Crippen LogP contribution in [0.25, 0.3) is 0 Å². The van der Waals surface area contributed by atoms with Crippen LogP contribution in [0, 0.1) is 0 Å². The van der Waals surface area contributed by atoms with Crippen LogP contribution in [0.3, 0.4) is 0 Å². The smallest absolute Gasteiger partial charge is 0.259 e. The number of nitrogens with one attached hydrogen (secondary N) is 1. The monoisotopic (exact) mass is 246 g/mol. The Balaban J connectivity index is 3.10. The first-order valence-corrected chi connectivity index (χ1v) is 5.48. The molecule has 0 fully saturated rings. The third kappa shape index (κ3) is 3.09. The number of rotatable bonds is 5. The fourth-order valence-corrected chi connectivity index (χ4v) is 1.56. The minimum atomic E-state index is -2.23. The summed E-state index contributed by atoms with van der Waals surface area (Å²) < 4.78 is 33.8. The number of ketones is 1. The molecule has 1 rings (SSSR count). The van der Waals surface area contributed by atoms with E-state index in [-0.39, 0.29) is 23.4 Å². The van der Waals surface area contributed by atoms with E-state index >= 15 is 0 Å². The molecule has 5 nitrogen and oxygen atoms in total. The van der Waals surface area contributed by atoms with Crippen molar-refractivity contribution in [3.05, 3.63) is 29.3 Å². The summed E-state index contributed by atoms with van der Waals surface area (Å²) in [6, 6.07) is 4.09. The summed E-state index contributed by atoms with van der Waals surface area (Å²) >= 11 is -2.23. The molecule has 1 unspecified atom stereocenters. The number of Topliss-reactive ketones (excluding diaryl/α,β-unsaturated/α-hetero) is 1. The lowest BCUT2D eigenvalue weighted by molar-refractivity contribution is 0.0999. The van der Waals surface area contributed by atoms with Crippen molar-refractivity contribution in [1.82, 2.24) is 0 Å². The molecule has 0 aliphatic rings. The van der Waals surface area contributed by atoms with E-state index in [0.29, 0.717) is 0 Å². The van der Waals surface area contributed by atoms with Crippen LogP contribution in [-0.4, -0.2) is 21.1 Å². The number of hydrogen-bond donors (Lipinski definition) is 3. The SMILES string of the molecule is NCC(=O)c1cc(NS(=O)O)ccc1CF. The van der Waals surface area contributed by atoms with Gasteiger partial charge in [-0.25, -0.2) is 8.60 Å². The predicted molar refractivity (Wildman–Crippen MR) is 59.0 cm³/mol. The van der Waals surface area contributed by atoms with Gasteiger partial charge >= 0.3 is 0 Å². The van der Waals surface area contributed by atoms with Crippen molar-refractivity contribution in [3.8, 4) is 0 Å². The van der Waals surface area contributed by atoms with E-state index < -0.39 is 23.7 Å². The normalized spacial score (nSPS) is 12.2. The number of benzene rings is 1. The third-order valence-corrected chi connectivity index (χ3v) is 2.36. The topological polar surface area (TPSA) is 92.4 Å². The average molecular weight is 246 g/mol. The van der Waals surface area contributed by atoms with Gasteiger partial charge in [0.15, 0.2) is 5.78 Å². The first-order valence-electron chi connectivity index (χ1n) is 4.38. The summed E-state index contributed by atoms with van der Waals surface area (Å²) in [5, 5.41) is 0. The maximum absolute atomic E-state index is 12.6. The average Bonchev–Trinajstić information content (AvgIpc) is 2.27. The summed E-state index contributed by atoms with van der Waals surface area (Å²) in [6.45, 7) is -1.03. The Bertz CT molecular complexity index is 425. The molecule has 0 saturated carbocycles. The number of halogens is 1. The number of nitrogens with two attached hydrogens (primary N) is 1. The van der Waals surface area contributed by atoms with Crippen LogP contribution in [0.1, 0.15) is 15.9 Å². The molecule has 1 atom stereocenters. The zero-order valence-corrected chi connectivity index (χ0v) is 9.09. The van der Waals surface area contributed by atoms with Gasteiger partial charge in [0, 0.05) is 11.3 Å². The van der Waals surface area contributed by atoms with E-state index in [2.05, 4.69) is 4.72 Å². The molecular formula is C9H11FN2O3S. The van der Waals surface area contributed by atoms with E-state index in [1.54, 1.807) is 0 Å². The maximum atomic E-state index is 12.6. The molecule has 0 aliphatic carbocycles. The molecule has 88 valence electrons. The molecular weight excluding hydrogens is 235 g/mol. The van der Waals surface area contributed by atoms with Crippen molar-refractivity contribution in [2.24, 2.45) is 5.73 Å². The van der Waals surface area contributed by atoms with Crippen molar-refractivity contribution < 1.29 is 17.9 Å². The highest BCUT2D eigenvalue weighted by Gasteiger charge is 2.11. The lowest BCUT2D eigenvalue weighted by Crippen LogP contribution is -2.16. The molecule has 0 bridgehead atoms. The van der Waals surface area contributed by atoms with Gasteiger partial charge in [-0.05, 0) is 17.7 Å². The summed E-state index contributed by atoms with van der Waals surface area (Å²) in [5.41, 5.74) is 5.77. The van der Waals surface area contributed by atoms with Crippen LogP contribution in [0.5, 0.6) is 0 Å². The highest BCUT2D eigenvalue weighted by atomic mass is 32.2. The number of alkyl halides is 1. The summed E-state index contributed by atoms with van der Waals surface area (Å²) in [5.74, 6) is -0.417. The van der Waals surface area contributed by atoms with Crippen molar-refractivity contribution in [2.75, 3.05) is 11.3 Å². The Labute approximate surface area is 94.3 Å². The van der Waals surface area contributed by atoms with Gasteiger partial charge in [-0.2, -0.15) is 0 Å². The van der Waals surface area contributed by atoms with Crippen molar-refractivity contribution >= 4 is 22.7 Å². The lowest BCUT2D eigenvalue weighted by Gasteiger charge is -2.07.